The van der Waals surface area contributed by atoms with E-state index in [0.29, 0.717) is 53.3 Å². The van der Waals surface area contributed by atoms with Crippen molar-refractivity contribution in [1.82, 2.24) is 29.5 Å². The first-order chi connectivity index (χ1) is 15.2. The van der Waals surface area contributed by atoms with E-state index in [1.165, 1.54) is 5.56 Å². The Labute approximate surface area is 177 Å². The molecular formula is C22H20N8O. The fraction of sp³-hybridized carbons (Fsp3) is 0.318. The number of imidazole rings is 1. The molecule has 2 N–H and O–H groups in total. The summed E-state index contributed by atoms with van der Waals surface area (Å²) in [4.78, 5) is 25.5. The van der Waals surface area contributed by atoms with E-state index < -0.39 is 0 Å². The number of piperidine rings is 1. The van der Waals surface area contributed by atoms with Crippen molar-refractivity contribution in [1.29, 1.82) is 0 Å². The Morgan fingerprint density at radius 1 is 1.06 bits per heavy atom. The van der Waals surface area contributed by atoms with E-state index >= 15 is 0 Å². The molecule has 1 saturated carbocycles. The molecule has 4 atom stereocenters. The van der Waals surface area contributed by atoms with Gasteiger partial charge in [0.15, 0.2) is 5.65 Å². The third-order valence-corrected chi connectivity index (χ3v) is 6.52. The monoisotopic (exact) mass is 412 g/mol. The van der Waals surface area contributed by atoms with Gasteiger partial charge in [-0.25, -0.2) is 19.9 Å². The number of rotatable bonds is 4. The van der Waals surface area contributed by atoms with Gasteiger partial charge in [-0.15, -0.1) is 0 Å². The first-order valence-electron chi connectivity index (χ1n) is 10.5. The van der Waals surface area contributed by atoms with Gasteiger partial charge in [-0.1, -0.05) is 30.3 Å². The fourth-order valence-corrected chi connectivity index (χ4v) is 5.04. The van der Waals surface area contributed by atoms with Gasteiger partial charge in [-0.05, 0) is 12.0 Å². The molecule has 4 bridgehead atoms. The summed E-state index contributed by atoms with van der Waals surface area (Å²) >= 11 is 0. The molecule has 0 amide bonds. The first kappa shape index (κ1) is 17.1. The molecule has 1 aliphatic carbocycles. The Balaban J connectivity index is 1.38. The second-order valence-corrected chi connectivity index (χ2v) is 8.49. The highest BCUT2D eigenvalue weighted by molar-refractivity contribution is 5.87. The Hall–Kier alpha value is -3.59. The zero-order chi connectivity index (χ0) is 20.5. The maximum Gasteiger partial charge on any atom is 0.228 e. The van der Waals surface area contributed by atoms with Crippen LogP contribution in [0.4, 0.5) is 11.8 Å². The molecule has 9 heteroatoms. The molecule has 9 nitrogen and oxygen atoms in total. The molecule has 4 aliphatic rings. The van der Waals surface area contributed by atoms with Crippen molar-refractivity contribution in [2.45, 2.75) is 31.2 Å². The molecule has 31 heavy (non-hydrogen) atoms. The van der Waals surface area contributed by atoms with Crippen LogP contribution in [0.2, 0.25) is 0 Å². The van der Waals surface area contributed by atoms with Crippen LogP contribution in [0.25, 0.3) is 22.6 Å². The van der Waals surface area contributed by atoms with Gasteiger partial charge in [0.25, 0.3) is 0 Å². The molecular weight excluding hydrogens is 392 g/mol. The molecule has 4 aromatic rings. The predicted octanol–water partition coefficient (Wildman–Crippen LogP) is 1.89. The van der Waals surface area contributed by atoms with Crippen LogP contribution >= 0.6 is 0 Å². The van der Waals surface area contributed by atoms with Crippen molar-refractivity contribution < 1.29 is 4.74 Å². The highest BCUT2D eigenvalue weighted by atomic mass is 16.5. The zero-order valence-corrected chi connectivity index (χ0v) is 16.7. The number of morpholine rings is 1. The third-order valence-electron chi connectivity index (χ3n) is 6.52. The summed E-state index contributed by atoms with van der Waals surface area (Å²) in [7, 11) is 0. The van der Waals surface area contributed by atoms with Crippen LogP contribution in [0.3, 0.4) is 0 Å². The Bertz CT molecular complexity index is 1280. The van der Waals surface area contributed by atoms with Crippen molar-refractivity contribution in [3.63, 3.8) is 0 Å². The van der Waals surface area contributed by atoms with Crippen LogP contribution in [0.15, 0.2) is 49.1 Å². The van der Waals surface area contributed by atoms with E-state index in [2.05, 4.69) is 36.6 Å². The van der Waals surface area contributed by atoms with E-state index in [1.54, 1.807) is 12.4 Å². The van der Waals surface area contributed by atoms with Crippen molar-refractivity contribution >= 4 is 22.9 Å². The number of ether oxygens (including phenoxy) is 1. The molecule has 3 saturated heterocycles. The van der Waals surface area contributed by atoms with Crippen molar-refractivity contribution in [3.8, 4) is 11.4 Å². The Morgan fingerprint density at radius 2 is 1.97 bits per heavy atom. The molecule has 3 aromatic heterocycles. The third kappa shape index (κ3) is 2.63. The second kappa shape index (κ2) is 6.21. The van der Waals surface area contributed by atoms with Crippen LogP contribution in [-0.2, 0) is 11.3 Å². The molecule has 0 radical (unpaired) electrons. The summed E-state index contributed by atoms with van der Waals surface area (Å²) in [5, 5.41) is 0. The van der Waals surface area contributed by atoms with Crippen LogP contribution in [-0.4, -0.2) is 54.3 Å². The summed E-state index contributed by atoms with van der Waals surface area (Å²) in [5.74, 6) is 1.69. The van der Waals surface area contributed by atoms with Crippen LogP contribution < -0.4 is 10.6 Å². The number of hydrogen-bond acceptors (Lipinski definition) is 8. The smallest absolute Gasteiger partial charge is 0.228 e. The number of hydrogen-bond donors (Lipinski definition) is 1. The van der Waals surface area contributed by atoms with Gasteiger partial charge in [0.05, 0.1) is 43.5 Å². The van der Waals surface area contributed by atoms with Crippen molar-refractivity contribution in [2.24, 2.45) is 5.92 Å². The maximum absolute atomic E-state index is 6.04. The van der Waals surface area contributed by atoms with Gasteiger partial charge < -0.3 is 19.9 Å². The highest BCUT2D eigenvalue weighted by Crippen LogP contribution is 2.54. The summed E-state index contributed by atoms with van der Waals surface area (Å²) in [5.41, 5.74) is 9.75. The first-order valence-corrected chi connectivity index (χ1v) is 10.5. The van der Waals surface area contributed by atoms with E-state index in [-0.39, 0.29) is 6.10 Å². The summed E-state index contributed by atoms with van der Waals surface area (Å²) in [6, 6.07) is 10.7. The Morgan fingerprint density at radius 3 is 2.71 bits per heavy atom. The zero-order valence-electron chi connectivity index (χ0n) is 16.7. The van der Waals surface area contributed by atoms with Gasteiger partial charge in [0.2, 0.25) is 5.95 Å². The lowest BCUT2D eigenvalue weighted by molar-refractivity contribution is 0.0490. The summed E-state index contributed by atoms with van der Waals surface area (Å²) < 4.78 is 8.10. The van der Waals surface area contributed by atoms with Gasteiger partial charge >= 0.3 is 0 Å². The number of nitrogens with two attached hydrogens (primary N) is 1. The number of anilines is 2. The lowest BCUT2D eigenvalue weighted by atomic mass is 10.1. The van der Waals surface area contributed by atoms with Gasteiger partial charge in [-0.3, -0.25) is 0 Å². The number of nitrogens with zero attached hydrogens (tertiary/aromatic N) is 7. The minimum absolute atomic E-state index is 0.272. The van der Waals surface area contributed by atoms with Crippen LogP contribution in [0.1, 0.15) is 12.0 Å². The van der Waals surface area contributed by atoms with Gasteiger partial charge in [0, 0.05) is 12.5 Å². The van der Waals surface area contributed by atoms with Crippen LogP contribution in [0, 0.1) is 5.92 Å². The molecule has 154 valence electrons. The normalized spacial score (nSPS) is 25.9. The van der Waals surface area contributed by atoms with Crippen LogP contribution in [0.5, 0.6) is 0 Å². The Kier molecular flexibility index (Phi) is 3.43. The maximum atomic E-state index is 6.04. The molecule has 3 aliphatic heterocycles. The van der Waals surface area contributed by atoms with E-state index in [1.807, 2.05) is 24.5 Å². The van der Waals surface area contributed by atoms with Crippen molar-refractivity contribution in [3.05, 3.63) is 54.6 Å². The largest absolute Gasteiger partial charge is 0.382 e. The van der Waals surface area contributed by atoms with Gasteiger partial charge in [-0.2, -0.15) is 4.98 Å². The molecule has 1 aromatic carbocycles. The average Bonchev–Trinajstić information content (AvgIpc) is 3.15. The quantitative estimate of drug-likeness (QED) is 0.541. The minimum atomic E-state index is 0.272. The fourth-order valence-electron chi connectivity index (χ4n) is 5.04. The summed E-state index contributed by atoms with van der Waals surface area (Å²) in [6.45, 7) is 1.50. The average molecular weight is 412 g/mol. The molecule has 4 fully saturated rings. The number of benzene rings is 1. The lowest BCUT2D eigenvalue weighted by Crippen LogP contribution is -2.45. The topological polar surface area (TPSA) is 108 Å². The molecule has 0 spiro atoms. The van der Waals surface area contributed by atoms with Crippen molar-refractivity contribution in [2.75, 3.05) is 17.2 Å². The lowest BCUT2D eigenvalue weighted by Gasteiger charge is -2.34. The van der Waals surface area contributed by atoms with E-state index in [9.17, 15) is 0 Å². The minimum Gasteiger partial charge on any atom is -0.382 e. The highest BCUT2D eigenvalue weighted by Gasteiger charge is 2.65. The SMILES string of the molecule is Nc1cnc(-c2nc(N3CC4CC5C(O4)C53)nc3c2ncn3Cc2ccccc2)cn1. The van der Waals surface area contributed by atoms with E-state index in [4.69, 9.17) is 20.4 Å². The molecule has 8 rings (SSSR count). The van der Waals surface area contributed by atoms with E-state index in [0.717, 1.165) is 18.6 Å². The molecule has 6 heterocycles. The number of aromatic nitrogens is 6. The standard InChI is InChI=1S/C22H20N8O/c23-16-8-24-15(7-25-16)17-18-21(29(11-26-18)9-12-4-2-1-3-5-12)28-22(27-17)30-10-13-6-14-19(30)20(14)31-13/h1-5,7-8,11,13-14,19-20H,6,9-10H2,(H2,23,25). The van der Waals surface area contributed by atoms with Gasteiger partial charge in [0.1, 0.15) is 22.7 Å². The summed E-state index contributed by atoms with van der Waals surface area (Å²) in [6.07, 6.45) is 6.76. The predicted molar refractivity (Wildman–Crippen MR) is 114 cm³/mol. The second-order valence-electron chi connectivity index (χ2n) is 8.49. The number of nitrogen functional groups attached to an aromatic ring is 1. The molecule has 4 unspecified atom stereocenters. The number of fused-ring (bicyclic) bond motifs is 2.